The highest BCUT2D eigenvalue weighted by molar-refractivity contribution is 5.91. The van der Waals surface area contributed by atoms with Crippen molar-refractivity contribution in [3.05, 3.63) is 17.8 Å². The molecule has 0 aliphatic heterocycles. The molecule has 6 heteroatoms. The molecule has 0 atom stereocenters. The van der Waals surface area contributed by atoms with Crippen LogP contribution in [0.1, 0.15) is 30.3 Å². The fraction of sp³-hybridized carbons (Fsp3) is 0.615. The number of carbonyl (C=O) groups excluding carboxylic acids is 1. The predicted octanol–water partition coefficient (Wildman–Crippen LogP) is 1.41. The minimum Gasteiger partial charge on any atom is -0.381 e. The third-order valence-electron chi connectivity index (χ3n) is 2.41. The van der Waals surface area contributed by atoms with Crippen LogP contribution >= 0.6 is 0 Å². The third kappa shape index (κ3) is 5.65. The van der Waals surface area contributed by atoms with E-state index in [1.165, 1.54) is 4.90 Å². The molecule has 106 valence electrons. The molecule has 1 rings (SSSR count). The first kappa shape index (κ1) is 15.4. The summed E-state index contributed by atoms with van der Waals surface area (Å²) in [6.45, 7) is 4.41. The number of ether oxygens (including phenoxy) is 1. The lowest BCUT2D eigenvalue weighted by Gasteiger charge is -2.09. The zero-order valence-electron chi connectivity index (χ0n) is 11.8. The first-order chi connectivity index (χ1) is 9.15. The predicted molar refractivity (Wildman–Crippen MR) is 74.3 cm³/mol. The van der Waals surface area contributed by atoms with Gasteiger partial charge in [-0.05, 0) is 25.0 Å². The molecule has 0 fully saturated rings. The molecule has 0 bridgehead atoms. The van der Waals surface area contributed by atoms with Gasteiger partial charge in [0, 0.05) is 33.9 Å². The maximum atomic E-state index is 11.6. The summed E-state index contributed by atoms with van der Waals surface area (Å²) in [5, 5.41) is 11.0. The number of hydrogen-bond donors (Lipinski definition) is 1. The van der Waals surface area contributed by atoms with Crippen LogP contribution in [0.2, 0.25) is 0 Å². The second kappa shape index (κ2) is 8.42. The Kier molecular flexibility index (Phi) is 6.81. The second-order valence-corrected chi connectivity index (χ2v) is 4.40. The summed E-state index contributed by atoms with van der Waals surface area (Å²) in [5.41, 5.74) is 0.349. The van der Waals surface area contributed by atoms with Crippen LogP contribution in [0, 0.1) is 0 Å². The van der Waals surface area contributed by atoms with Gasteiger partial charge in [-0.15, -0.1) is 10.2 Å². The van der Waals surface area contributed by atoms with Gasteiger partial charge in [0.05, 0.1) is 0 Å². The van der Waals surface area contributed by atoms with Crippen molar-refractivity contribution in [1.29, 1.82) is 0 Å². The summed E-state index contributed by atoms with van der Waals surface area (Å²) in [5.74, 6) is 0.526. The standard InChI is InChI=1S/C13H22N4O2/c1-4-9-19-10-5-8-14-12-7-6-11(15-16-12)13(18)17(2)3/h6-7H,4-5,8-10H2,1-3H3,(H,14,16). The molecule has 1 N–H and O–H groups in total. The lowest BCUT2D eigenvalue weighted by molar-refractivity contribution is 0.0821. The third-order valence-corrected chi connectivity index (χ3v) is 2.41. The van der Waals surface area contributed by atoms with Crippen molar-refractivity contribution in [2.45, 2.75) is 19.8 Å². The Balaban J connectivity index is 2.30. The molecule has 19 heavy (non-hydrogen) atoms. The minimum atomic E-state index is -0.146. The summed E-state index contributed by atoms with van der Waals surface area (Å²) in [6.07, 6.45) is 1.96. The van der Waals surface area contributed by atoms with E-state index in [4.69, 9.17) is 4.74 Å². The van der Waals surface area contributed by atoms with E-state index in [0.29, 0.717) is 11.5 Å². The Morgan fingerprint density at radius 2 is 2.11 bits per heavy atom. The molecule has 0 saturated carbocycles. The second-order valence-electron chi connectivity index (χ2n) is 4.40. The highest BCUT2D eigenvalue weighted by Gasteiger charge is 2.09. The van der Waals surface area contributed by atoms with E-state index < -0.39 is 0 Å². The van der Waals surface area contributed by atoms with E-state index in [-0.39, 0.29) is 5.91 Å². The fourth-order valence-corrected chi connectivity index (χ4v) is 1.41. The monoisotopic (exact) mass is 266 g/mol. The van der Waals surface area contributed by atoms with Crippen molar-refractivity contribution >= 4 is 11.7 Å². The van der Waals surface area contributed by atoms with Gasteiger partial charge in [0.1, 0.15) is 5.82 Å². The van der Waals surface area contributed by atoms with Crippen LogP contribution in [0.15, 0.2) is 12.1 Å². The van der Waals surface area contributed by atoms with E-state index >= 15 is 0 Å². The zero-order chi connectivity index (χ0) is 14.1. The van der Waals surface area contributed by atoms with Gasteiger partial charge in [0.2, 0.25) is 0 Å². The smallest absolute Gasteiger partial charge is 0.273 e. The minimum absolute atomic E-state index is 0.146. The normalized spacial score (nSPS) is 10.3. The lowest BCUT2D eigenvalue weighted by atomic mass is 10.3. The van der Waals surface area contributed by atoms with Gasteiger partial charge >= 0.3 is 0 Å². The number of anilines is 1. The molecule has 0 aliphatic rings. The van der Waals surface area contributed by atoms with Crippen LogP contribution in [0.4, 0.5) is 5.82 Å². The number of hydrogen-bond acceptors (Lipinski definition) is 5. The maximum Gasteiger partial charge on any atom is 0.273 e. The highest BCUT2D eigenvalue weighted by Crippen LogP contribution is 2.03. The van der Waals surface area contributed by atoms with Crippen molar-refractivity contribution in [2.75, 3.05) is 39.2 Å². The maximum absolute atomic E-state index is 11.6. The Bertz CT molecular complexity index is 379. The molecule has 0 aromatic carbocycles. The molecule has 1 amide bonds. The fourth-order valence-electron chi connectivity index (χ4n) is 1.41. The van der Waals surface area contributed by atoms with Crippen LogP contribution in [-0.4, -0.2) is 54.9 Å². The molecular formula is C13H22N4O2. The van der Waals surface area contributed by atoms with E-state index in [0.717, 1.165) is 32.6 Å². The van der Waals surface area contributed by atoms with Crippen LogP contribution in [0.25, 0.3) is 0 Å². The lowest BCUT2D eigenvalue weighted by Crippen LogP contribution is -2.23. The van der Waals surface area contributed by atoms with Crippen LogP contribution in [0.3, 0.4) is 0 Å². The van der Waals surface area contributed by atoms with Crippen LogP contribution in [-0.2, 0) is 4.74 Å². The number of nitrogens with zero attached hydrogens (tertiary/aromatic N) is 3. The van der Waals surface area contributed by atoms with Crippen LogP contribution in [0.5, 0.6) is 0 Å². The molecule has 0 saturated heterocycles. The highest BCUT2D eigenvalue weighted by atomic mass is 16.5. The Morgan fingerprint density at radius 1 is 1.32 bits per heavy atom. The largest absolute Gasteiger partial charge is 0.381 e. The van der Waals surface area contributed by atoms with E-state index in [1.54, 1.807) is 26.2 Å². The first-order valence-corrected chi connectivity index (χ1v) is 6.52. The van der Waals surface area contributed by atoms with E-state index in [1.807, 2.05) is 0 Å². The summed E-state index contributed by atoms with van der Waals surface area (Å²) >= 11 is 0. The Labute approximate surface area is 114 Å². The van der Waals surface area contributed by atoms with Crippen molar-refractivity contribution < 1.29 is 9.53 Å². The van der Waals surface area contributed by atoms with Gasteiger partial charge in [-0.1, -0.05) is 6.92 Å². The van der Waals surface area contributed by atoms with Crippen molar-refractivity contribution in [3.8, 4) is 0 Å². The summed E-state index contributed by atoms with van der Waals surface area (Å²) < 4.78 is 5.37. The molecule has 1 heterocycles. The van der Waals surface area contributed by atoms with Gasteiger partial charge in [0.15, 0.2) is 5.69 Å². The number of aromatic nitrogens is 2. The number of nitrogens with one attached hydrogen (secondary N) is 1. The van der Waals surface area contributed by atoms with Crippen molar-refractivity contribution in [1.82, 2.24) is 15.1 Å². The zero-order valence-corrected chi connectivity index (χ0v) is 11.8. The molecule has 0 unspecified atom stereocenters. The Morgan fingerprint density at radius 3 is 2.68 bits per heavy atom. The van der Waals surface area contributed by atoms with Crippen LogP contribution < -0.4 is 5.32 Å². The first-order valence-electron chi connectivity index (χ1n) is 6.52. The van der Waals surface area contributed by atoms with Crippen molar-refractivity contribution in [2.24, 2.45) is 0 Å². The molecule has 1 aromatic heterocycles. The van der Waals surface area contributed by atoms with Gasteiger partial charge in [-0.25, -0.2) is 0 Å². The van der Waals surface area contributed by atoms with Crippen molar-refractivity contribution in [3.63, 3.8) is 0 Å². The number of carbonyl (C=O) groups is 1. The van der Waals surface area contributed by atoms with Gasteiger partial charge in [-0.2, -0.15) is 0 Å². The molecule has 0 radical (unpaired) electrons. The average molecular weight is 266 g/mol. The molecule has 0 aliphatic carbocycles. The van der Waals surface area contributed by atoms with Gasteiger partial charge in [-0.3, -0.25) is 4.79 Å². The summed E-state index contributed by atoms with van der Waals surface area (Å²) in [7, 11) is 3.37. The molecule has 6 nitrogen and oxygen atoms in total. The van der Waals surface area contributed by atoms with E-state index in [9.17, 15) is 4.79 Å². The SMILES string of the molecule is CCCOCCCNc1ccc(C(=O)N(C)C)nn1. The Hall–Kier alpha value is -1.69. The summed E-state index contributed by atoms with van der Waals surface area (Å²) in [4.78, 5) is 13.1. The molecular weight excluding hydrogens is 244 g/mol. The topological polar surface area (TPSA) is 67.3 Å². The van der Waals surface area contributed by atoms with E-state index in [2.05, 4.69) is 22.4 Å². The average Bonchev–Trinajstić information content (AvgIpc) is 2.42. The number of rotatable bonds is 8. The summed E-state index contributed by atoms with van der Waals surface area (Å²) in [6, 6.07) is 3.43. The molecule has 1 aromatic rings. The quantitative estimate of drug-likeness (QED) is 0.720. The van der Waals surface area contributed by atoms with Gasteiger partial charge in [0.25, 0.3) is 5.91 Å². The number of amides is 1. The molecule has 0 spiro atoms. The van der Waals surface area contributed by atoms with Gasteiger partial charge < -0.3 is 15.0 Å².